The molecule has 0 atom stereocenters. The minimum atomic E-state index is -3.35. The van der Waals surface area contributed by atoms with Crippen molar-refractivity contribution >= 4 is 15.9 Å². The van der Waals surface area contributed by atoms with Gasteiger partial charge in [0.2, 0.25) is 5.88 Å². The Morgan fingerprint density at radius 1 is 1.06 bits per heavy atom. The van der Waals surface area contributed by atoms with Crippen molar-refractivity contribution in [2.24, 2.45) is 5.92 Å². The number of hydrogen-bond donors (Lipinski definition) is 0. The lowest BCUT2D eigenvalue weighted by Gasteiger charge is -2.42. The third-order valence-electron chi connectivity index (χ3n) is 5.75. The van der Waals surface area contributed by atoms with Gasteiger partial charge >= 0.3 is 6.09 Å². The fourth-order valence-electron chi connectivity index (χ4n) is 4.05. The van der Waals surface area contributed by atoms with Crippen LogP contribution in [0.1, 0.15) is 46.5 Å². The van der Waals surface area contributed by atoms with Gasteiger partial charge in [-0.15, -0.1) is 0 Å². The monoisotopic (exact) mass is 454 g/mol. The van der Waals surface area contributed by atoms with E-state index in [1.807, 2.05) is 20.8 Å². The Balaban J connectivity index is 1.38. The van der Waals surface area contributed by atoms with Crippen molar-refractivity contribution in [2.75, 3.05) is 39.0 Å². The van der Waals surface area contributed by atoms with E-state index in [1.165, 1.54) is 12.4 Å². The fourth-order valence-corrected chi connectivity index (χ4v) is 4.53. The van der Waals surface area contributed by atoms with Gasteiger partial charge in [-0.2, -0.15) is 0 Å². The molecule has 1 aliphatic heterocycles. The zero-order valence-electron chi connectivity index (χ0n) is 18.9. The lowest BCUT2D eigenvalue weighted by Crippen LogP contribution is -2.53. The van der Waals surface area contributed by atoms with Gasteiger partial charge in [-0.25, -0.2) is 23.2 Å². The molecule has 1 saturated heterocycles. The van der Waals surface area contributed by atoms with E-state index in [0.717, 1.165) is 45.0 Å². The molecule has 1 saturated carbocycles. The lowest BCUT2D eigenvalue weighted by atomic mass is 9.85. The zero-order valence-corrected chi connectivity index (χ0v) is 19.7. The summed E-state index contributed by atoms with van der Waals surface area (Å²) in [5.74, 6) is 0.809. The average Bonchev–Trinajstić information content (AvgIpc) is 2.71. The Morgan fingerprint density at radius 3 is 2.23 bits per heavy atom. The summed E-state index contributed by atoms with van der Waals surface area (Å²) in [4.78, 5) is 24.5. The number of aromatic nitrogens is 2. The number of hydrogen-bond acceptors (Lipinski definition) is 8. The molecule has 174 valence electrons. The standard InChI is InChI=1S/C21H34N4O5S/c1-21(2,3)30-20(26)25-11-9-24(10-12-25)17-7-5-16(6-8-17)15-29-18-13-23-19(14-22-18)31(4,27)28/h13-14,16-17H,5-12,15H2,1-4H3/t16-,17-. The van der Waals surface area contributed by atoms with Crippen LogP contribution in [-0.4, -0.2) is 85.0 Å². The number of carbonyl (C=O) groups is 1. The summed E-state index contributed by atoms with van der Waals surface area (Å²) in [6, 6.07) is 0.547. The molecule has 1 aromatic heterocycles. The highest BCUT2D eigenvalue weighted by atomic mass is 32.2. The Morgan fingerprint density at radius 2 is 1.71 bits per heavy atom. The molecule has 9 nitrogen and oxygen atoms in total. The molecule has 0 unspecified atom stereocenters. The lowest BCUT2D eigenvalue weighted by molar-refractivity contribution is 0.00650. The van der Waals surface area contributed by atoms with E-state index in [9.17, 15) is 13.2 Å². The van der Waals surface area contributed by atoms with E-state index >= 15 is 0 Å². The maximum absolute atomic E-state index is 12.2. The van der Waals surface area contributed by atoms with E-state index in [0.29, 0.717) is 37.5 Å². The molecule has 1 amide bonds. The van der Waals surface area contributed by atoms with Crippen LogP contribution < -0.4 is 4.74 Å². The number of rotatable bonds is 5. The van der Waals surface area contributed by atoms with E-state index in [-0.39, 0.29) is 11.1 Å². The normalized spacial score (nSPS) is 23.4. The minimum Gasteiger partial charge on any atom is -0.476 e. The molecule has 0 N–H and O–H groups in total. The second-order valence-corrected chi connectivity index (χ2v) is 11.4. The minimum absolute atomic E-state index is 0.0490. The smallest absolute Gasteiger partial charge is 0.410 e. The summed E-state index contributed by atoms with van der Waals surface area (Å²) in [5, 5.41) is -0.0490. The van der Waals surface area contributed by atoms with Crippen LogP contribution in [0.5, 0.6) is 5.88 Å². The van der Waals surface area contributed by atoms with Gasteiger partial charge in [0.25, 0.3) is 0 Å². The van der Waals surface area contributed by atoms with Crippen LogP contribution in [0, 0.1) is 5.92 Å². The van der Waals surface area contributed by atoms with Gasteiger partial charge in [0, 0.05) is 38.5 Å². The SMILES string of the molecule is CC(C)(C)OC(=O)N1CCN([C@H]2CC[C@H](COc3cnc(S(C)(=O)=O)cn3)CC2)CC1. The van der Waals surface area contributed by atoms with Gasteiger partial charge in [0.15, 0.2) is 14.9 Å². The number of carbonyl (C=O) groups excluding carboxylic acids is 1. The topological polar surface area (TPSA) is 102 Å². The highest BCUT2D eigenvalue weighted by Gasteiger charge is 2.31. The number of amides is 1. The molecule has 0 spiro atoms. The third-order valence-corrected chi connectivity index (χ3v) is 6.72. The van der Waals surface area contributed by atoms with Crippen LogP contribution in [0.25, 0.3) is 0 Å². The summed E-state index contributed by atoms with van der Waals surface area (Å²) in [6.45, 7) is 9.41. The first-order valence-corrected chi connectivity index (χ1v) is 12.8. The summed E-state index contributed by atoms with van der Waals surface area (Å²) in [5.41, 5.74) is -0.462. The number of ether oxygens (including phenoxy) is 2. The Kier molecular flexibility index (Phi) is 7.41. The highest BCUT2D eigenvalue weighted by Crippen LogP contribution is 2.29. The Bertz CT molecular complexity index is 838. The van der Waals surface area contributed by atoms with E-state index in [4.69, 9.17) is 9.47 Å². The van der Waals surface area contributed by atoms with E-state index in [2.05, 4.69) is 14.9 Å². The first kappa shape index (κ1) is 23.7. The highest BCUT2D eigenvalue weighted by molar-refractivity contribution is 7.90. The molecule has 2 aliphatic rings. The van der Waals surface area contributed by atoms with Gasteiger partial charge in [-0.3, -0.25) is 4.90 Å². The molecule has 10 heteroatoms. The molecule has 31 heavy (non-hydrogen) atoms. The molecule has 1 aliphatic carbocycles. The largest absolute Gasteiger partial charge is 0.476 e. The summed E-state index contributed by atoms with van der Waals surface area (Å²) in [7, 11) is -3.35. The van der Waals surface area contributed by atoms with Crippen molar-refractivity contribution in [3.05, 3.63) is 12.4 Å². The summed E-state index contributed by atoms with van der Waals surface area (Å²) in [6.07, 6.45) is 7.86. The third kappa shape index (κ3) is 7.03. The molecular weight excluding hydrogens is 420 g/mol. The second-order valence-electron chi connectivity index (χ2n) is 9.45. The van der Waals surface area contributed by atoms with Crippen molar-refractivity contribution < 1.29 is 22.7 Å². The predicted octanol–water partition coefficient (Wildman–Crippen LogP) is 2.37. The van der Waals surface area contributed by atoms with Crippen molar-refractivity contribution in [3.8, 4) is 5.88 Å². The predicted molar refractivity (Wildman–Crippen MR) is 116 cm³/mol. The second kappa shape index (κ2) is 9.68. The summed E-state index contributed by atoms with van der Waals surface area (Å²) >= 11 is 0. The molecule has 1 aromatic rings. The molecule has 2 fully saturated rings. The quantitative estimate of drug-likeness (QED) is 0.668. The fraction of sp³-hybridized carbons (Fsp3) is 0.762. The molecule has 0 bridgehead atoms. The van der Waals surface area contributed by atoms with Crippen LogP contribution in [-0.2, 0) is 14.6 Å². The van der Waals surface area contributed by atoms with Gasteiger partial charge in [-0.05, 0) is 52.4 Å². The van der Waals surface area contributed by atoms with E-state index < -0.39 is 15.4 Å². The number of piperazine rings is 1. The van der Waals surface area contributed by atoms with Gasteiger partial charge in [0.05, 0.1) is 19.0 Å². The van der Waals surface area contributed by atoms with Gasteiger partial charge in [0.1, 0.15) is 5.60 Å². The van der Waals surface area contributed by atoms with Crippen molar-refractivity contribution in [1.29, 1.82) is 0 Å². The molecule has 0 aromatic carbocycles. The maximum Gasteiger partial charge on any atom is 0.410 e. The molecule has 2 heterocycles. The van der Waals surface area contributed by atoms with Gasteiger partial charge < -0.3 is 14.4 Å². The van der Waals surface area contributed by atoms with Crippen molar-refractivity contribution in [2.45, 2.75) is 63.1 Å². The maximum atomic E-state index is 12.2. The van der Waals surface area contributed by atoms with E-state index in [1.54, 1.807) is 4.90 Å². The van der Waals surface area contributed by atoms with Crippen LogP contribution in [0.2, 0.25) is 0 Å². The molecule has 3 rings (SSSR count). The van der Waals surface area contributed by atoms with Crippen molar-refractivity contribution in [1.82, 2.24) is 19.8 Å². The van der Waals surface area contributed by atoms with Crippen LogP contribution in [0.3, 0.4) is 0 Å². The van der Waals surface area contributed by atoms with Crippen LogP contribution in [0.4, 0.5) is 4.79 Å². The number of nitrogens with zero attached hydrogens (tertiary/aromatic N) is 4. The van der Waals surface area contributed by atoms with Crippen LogP contribution >= 0.6 is 0 Å². The van der Waals surface area contributed by atoms with Crippen molar-refractivity contribution in [3.63, 3.8) is 0 Å². The Hall–Kier alpha value is -1.94. The molecular formula is C21H34N4O5S. The summed E-state index contributed by atoms with van der Waals surface area (Å²) < 4.78 is 34.1. The van der Waals surface area contributed by atoms with Crippen LogP contribution in [0.15, 0.2) is 17.4 Å². The van der Waals surface area contributed by atoms with Gasteiger partial charge in [-0.1, -0.05) is 0 Å². The zero-order chi connectivity index (χ0) is 22.6. The number of sulfone groups is 1. The first-order valence-electron chi connectivity index (χ1n) is 10.9. The Labute approximate surface area is 185 Å². The average molecular weight is 455 g/mol. The first-order chi connectivity index (χ1) is 14.5. The molecule has 0 radical (unpaired) electrons.